The molecule has 2 N–H and O–H groups in total. The van der Waals surface area contributed by atoms with Gasteiger partial charge in [0.1, 0.15) is 0 Å². The van der Waals surface area contributed by atoms with E-state index in [4.69, 9.17) is 5.73 Å². The predicted molar refractivity (Wildman–Crippen MR) is 70.6 cm³/mol. The van der Waals surface area contributed by atoms with Crippen molar-refractivity contribution in [3.8, 4) is 0 Å². The topological polar surface area (TPSA) is 42.1 Å². The molecule has 94 valence electrons. The van der Waals surface area contributed by atoms with Crippen molar-refractivity contribution >= 4 is 0 Å². The van der Waals surface area contributed by atoms with Gasteiger partial charge in [0.15, 0.2) is 0 Å². The van der Waals surface area contributed by atoms with Crippen molar-refractivity contribution in [3.05, 3.63) is 29.6 Å². The van der Waals surface area contributed by atoms with E-state index >= 15 is 0 Å². The lowest BCUT2D eigenvalue weighted by molar-refractivity contribution is 0.246. The van der Waals surface area contributed by atoms with Crippen molar-refractivity contribution in [2.75, 3.05) is 20.1 Å². The van der Waals surface area contributed by atoms with Crippen LogP contribution in [-0.4, -0.2) is 30.0 Å². The van der Waals surface area contributed by atoms with Gasteiger partial charge in [-0.1, -0.05) is 6.07 Å². The molecule has 0 aromatic carbocycles. The molecule has 1 aromatic heterocycles. The highest BCUT2D eigenvalue weighted by Gasteiger charge is 2.42. The van der Waals surface area contributed by atoms with Gasteiger partial charge in [0.2, 0.25) is 0 Å². The zero-order chi connectivity index (χ0) is 12.3. The standard InChI is InChI=1S/C14H23N3/c1-12-4-3-5-13(16-12)10-17(2)11-14(6-7-14)8-9-15/h3-5H,6-11,15H2,1-2H3. The van der Waals surface area contributed by atoms with Gasteiger partial charge in [0.25, 0.3) is 0 Å². The first-order valence-corrected chi connectivity index (χ1v) is 6.45. The molecule has 0 atom stereocenters. The molecule has 1 saturated carbocycles. The average molecular weight is 233 g/mol. The number of hydrogen-bond donors (Lipinski definition) is 1. The zero-order valence-electron chi connectivity index (χ0n) is 10.9. The third-order valence-electron chi connectivity index (χ3n) is 3.62. The van der Waals surface area contributed by atoms with Crippen LogP contribution in [0.1, 0.15) is 30.7 Å². The van der Waals surface area contributed by atoms with Gasteiger partial charge < -0.3 is 5.73 Å². The van der Waals surface area contributed by atoms with Gasteiger partial charge in [-0.05, 0) is 57.3 Å². The highest BCUT2D eigenvalue weighted by molar-refractivity contribution is 5.10. The molecule has 1 fully saturated rings. The molecule has 1 aromatic rings. The van der Waals surface area contributed by atoms with Gasteiger partial charge in [-0.15, -0.1) is 0 Å². The van der Waals surface area contributed by atoms with E-state index in [0.717, 1.165) is 31.0 Å². The number of hydrogen-bond acceptors (Lipinski definition) is 3. The summed E-state index contributed by atoms with van der Waals surface area (Å²) < 4.78 is 0. The lowest BCUT2D eigenvalue weighted by atomic mass is 10.0. The Morgan fingerprint density at radius 3 is 2.76 bits per heavy atom. The summed E-state index contributed by atoms with van der Waals surface area (Å²) in [4.78, 5) is 6.92. The number of nitrogens with two attached hydrogens (primary N) is 1. The van der Waals surface area contributed by atoms with Gasteiger partial charge in [-0.2, -0.15) is 0 Å². The van der Waals surface area contributed by atoms with Gasteiger partial charge in [-0.3, -0.25) is 9.88 Å². The van der Waals surface area contributed by atoms with Crippen molar-refractivity contribution in [1.82, 2.24) is 9.88 Å². The SMILES string of the molecule is Cc1cccc(CN(C)CC2(CCN)CC2)n1. The van der Waals surface area contributed by atoms with Gasteiger partial charge in [0, 0.05) is 18.8 Å². The van der Waals surface area contributed by atoms with Crippen LogP contribution < -0.4 is 5.73 Å². The normalized spacial score (nSPS) is 17.4. The second kappa shape index (κ2) is 5.15. The smallest absolute Gasteiger partial charge is 0.0547 e. The summed E-state index contributed by atoms with van der Waals surface area (Å²) in [6.45, 7) is 4.95. The number of pyridine rings is 1. The number of rotatable bonds is 6. The minimum Gasteiger partial charge on any atom is -0.330 e. The Morgan fingerprint density at radius 1 is 1.41 bits per heavy atom. The fraction of sp³-hybridized carbons (Fsp3) is 0.643. The largest absolute Gasteiger partial charge is 0.330 e. The van der Waals surface area contributed by atoms with E-state index in [1.165, 1.54) is 19.3 Å². The zero-order valence-corrected chi connectivity index (χ0v) is 10.9. The number of nitrogens with zero attached hydrogens (tertiary/aromatic N) is 2. The first-order chi connectivity index (χ1) is 8.13. The monoisotopic (exact) mass is 233 g/mol. The average Bonchev–Trinajstić information content (AvgIpc) is 2.97. The fourth-order valence-corrected chi connectivity index (χ4v) is 2.56. The summed E-state index contributed by atoms with van der Waals surface area (Å²) in [5, 5.41) is 0. The molecule has 1 heterocycles. The van der Waals surface area contributed by atoms with Crippen LogP contribution in [0.15, 0.2) is 18.2 Å². The third kappa shape index (κ3) is 3.51. The minimum absolute atomic E-state index is 0.521. The summed E-state index contributed by atoms with van der Waals surface area (Å²) in [5.41, 5.74) is 8.45. The maximum atomic E-state index is 5.67. The Balaban J connectivity index is 1.87. The Bertz CT molecular complexity index is 371. The van der Waals surface area contributed by atoms with E-state index in [0.29, 0.717) is 5.41 Å². The summed E-state index contributed by atoms with van der Waals surface area (Å²) in [6, 6.07) is 6.23. The molecule has 0 unspecified atom stereocenters. The molecule has 2 rings (SSSR count). The molecule has 17 heavy (non-hydrogen) atoms. The highest BCUT2D eigenvalue weighted by atomic mass is 15.1. The minimum atomic E-state index is 0.521. The Hall–Kier alpha value is -0.930. The summed E-state index contributed by atoms with van der Waals surface area (Å²) in [5.74, 6) is 0. The molecule has 0 saturated heterocycles. The first kappa shape index (κ1) is 12.5. The third-order valence-corrected chi connectivity index (χ3v) is 3.62. The van der Waals surface area contributed by atoms with Crippen molar-refractivity contribution in [2.24, 2.45) is 11.1 Å². The Labute approximate surface area is 104 Å². The van der Waals surface area contributed by atoms with Crippen molar-refractivity contribution in [3.63, 3.8) is 0 Å². The van der Waals surface area contributed by atoms with E-state index in [1.54, 1.807) is 0 Å². The molecule has 0 radical (unpaired) electrons. The van der Waals surface area contributed by atoms with Crippen LogP contribution in [0, 0.1) is 12.3 Å². The van der Waals surface area contributed by atoms with Crippen LogP contribution in [0.5, 0.6) is 0 Å². The molecule has 0 amide bonds. The van der Waals surface area contributed by atoms with Gasteiger partial charge >= 0.3 is 0 Å². The molecule has 3 heteroatoms. The Kier molecular flexibility index (Phi) is 3.79. The van der Waals surface area contributed by atoms with Crippen LogP contribution in [0.4, 0.5) is 0 Å². The van der Waals surface area contributed by atoms with Crippen molar-refractivity contribution in [1.29, 1.82) is 0 Å². The maximum Gasteiger partial charge on any atom is 0.0547 e. The molecule has 0 bridgehead atoms. The molecular weight excluding hydrogens is 210 g/mol. The van der Waals surface area contributed by atoms with Gasteiger partial charge in [0.05, 0.1) is 5.69 Å². The molecule has 1 aliphatic carbocycles. The van der Waals surface area contributed by atoms with Crippen molar-refractivity contribution in [2.45, 2.75) is 32.7 Å². The maximum absolute atomic E-state index is 5.67. The molecule has 3 nitrogen and oxygen atoms in total. The summed E-state index contributed by atoms with van der Waals surface area (Å²) in [6.07, 6.45) is 3.85. The molecule has 0 spiro atoms. The second-order valence-electron chi connectivity index (χ2n) is 5.48. The van der Waals surface area contributed by atoms with Crippen LogP contribution >= 0.6 is 0 Å². The lowest BCUT2D eigenvalue weighted by Crippen LogP contribution is -2.28. The highest BCUT2D eigenvalue weighted by Crippen LogP contribution is 2.48. The quantitative estimate of drug-likeness (QED) is 0.816. The molecular formula is C14H23N3. The molecule has 0 aliphatic heterocycles. The van der Waals surface area contributed by atoms with E-state index in [9.17, 15) is 0 Å². The van der Waals surface area contributed by atoms with Crippen LogP contribution in [0.25, 0.3) is 0 Å². The number of aromatic nitrogens is 1. The van der Waals surface area contributed by atoms with Crippen LogP contribution in [0.2, 0.25) is 0 Å². The lowest BCUT2D eigenvalue weighted by Gasteiger charge is -2.23. The summed E-state index contributed by atoms with van der Waals surface area (Å²) in [7, 11) is 2.18. The van der Waals surface area contributed by atoms with Gasteiger partial charge in [-0.25, -0.2) is 0 Å². The van der Waals surface area contributed by atoms with Crippen molar-refractivity contribution < 1.29 is 0 Å². The van der Waals surface area contributed by atoms with Crippen LogP contribution in [-0.2, 0) is 6.54 Å². The van der Waals surface area contributed by atoms with E-state index in [2.05, 4.69) is 29.1 Å². The van der Waals surface area contributed by atoms with E-state index < -0.39 is 0 Å². The fourth-order valence-electron chi connectivity index (χ4n) is 2.56. The summed E-state index contributed by atoms with van der Waals surface area (Å²) >= 11 is 0. The Morgan fingerprint density at radius 2 is 2.18 bits per heavy atom. The molecule has 1 aliphatic rings. The second-order valence-corrected chi connectivity index (χ2v) is 5.48. The van der Waals surface area contributed by atoms with Crippen LogP contribution in [0.3, 0.4) is 0 Å². The predicted octanol–water partition coefficient (Wildman–Crippen LogP) is 1.95. The first-order valence-electron chi connectivity index (χ1n) is 6.45. The van der Waals surface area contributed by atoms with E-state index in [-0.39, 0.29) is 0 Å². The number of aryl methyl sites for hydroxylation is 1. The van der Waals surface area contributed by atoms with E-state index in [1.807, 2.05) is 13.0 Å².